The highest BCUT2D eigenvalue weighted by molar-refractivity contribution is 5.17. The van der Waals surface area contributed by atoms with Gasteiger partial charge in [0.2, 0.25) is 6.04 Å². The summed E-state index contributed by atoms with van der Waals surface area (Å²) in [7, 11) is 0. The van der Waals surface area contributed by atoms with Crippen LogP contribution in [0.15, 0.2) is 30.3 Å². The van der Waals surface area contributed by atoms with Crippen molar-refractivity contribution in [3.63, 3.8) is 0 Å². The smallest absolute Gasteiger partial charge is 0.215 e. The van der Waals surface area contributed by atoms with Crippen LogP contribution in [-0.2, 0) is 0 Å². The molecule has 0 fully saturated rings. The third kappa shape index (κ3) is 3.62. The zero-order valence-electron chi connectivity index (χ0n) is 9.37. The molecule has 0 aliphatic heterocycles. The molecule has 16 heavy (non-hydrogen) atoms. The lowest BCUT2D eigenvalue weighted by molar-refractivity contribution is -0.526. The van der Waals surface area contributed by atoms with E-state index >= 15 is 0 Å². The fourth-order valence-corrected chi connectivity index (χ4v) is 1.71. The Kier molecular flexibility index (Phi) is 4.92. The number of aliphatic hydroxyl groups is 1. The van der Waals surface area contributed by atoms with Crippen LogP contribution in [0, 0.1) is 10.1 Å². The van der Waals surface area contributed by atoms with Gasteiger partial charge in [-0.1, -0.05) is 37.3 Å². The van der Waals surface area contributed by atoms with Crippen LogP contribution in [0.3, 0.4) is 0 Å². The standard InChI is InChI=1S/C12H17NO3/c1-2-6-11(13(15)16)9-12(14)10-7-4-3-5-8-10/h3-5,7-8,11-12,14H,2,6,9H2,1H3. The zero-order valence-corrected chi connectivity index (χ0v) is 9.37. The molecule has 0 spiro atoms. The van der Waals surface area contributed by atoms with Gasteiger partial charge < -0.3 is 5.11 Å². The summed E-state index contributed by atoms with van der Waals surface area (Å²) in [6.07, 6.45) is 0.706. The molecule has 0 aliphatic rings. The molecule has 0 aromatic heterocycles. The Morgan fingerprint density at radius 3 is 2.50 bits per heavy atom. The lowest BCUT2D eigenvalue weighted by Gasteiger charge is -2.14. The van der Waals surface area contributed by atoms with Crippen LogP contribution in [0.1, 0.15) is 37.9 Å². The molecule has 0 aliphatic carbocycles. The first-order valence-corrected chi connectivity index (χ1v) is 5.51. The molecule has 1 aromatic rings. The molecular formula is C12H17NO3. The number of hydrogen-bond acceptors (Lipinski definition) is 3. The number of aliphatic hydroxyl groups excluding tert-OH is 1. The summed E-state index contributed by atoms with van der Waals surface area (Å²) >= 11 is 0. The summed E-state index contributed by atoms with van der Waals surface area (Å²) in [5, 5.41) is 20.6. The van der Waals surface area contributed by atoms with Crippen molar-refractivity contribution in [2.24, 2.45) is 0 Å². The van der Waals surface area contributed by atoms with Crippen LogP contribution in [0.2, 0.25) is 0 Å². The van der Waals surface area contributed by atoms with Crippen molar-refractivity contribution in [2.45, 2.75) is 38.3 Å². The van der Waals surface area contributed by atoms with E-state index in [4.69, 9.17) is 0 Å². The number of benzene rings is 1. The van der Waals surface area contributed by atoms with Gasteiger partial charge in [0.25, 0.3) is 0 Å². The van der Waals surface area contributed by atoms with E-state index in [1.807, 2.05) is 25.1 Å². The summed E-state index contributed by atoms with van der Waals surface area (Å²) in [6.45, 7) is 1.91. The van der Waals surface area contributed by atoms with Crippen molar-refractivity contribution in [1.29, 1.82) is 0 Å². The minimum absolute atomic E-state index is 0.185. The number of rotatable bonds is 6. The monoisotopic (exact) mass is 223 g/mol. The number of hydrogen-bond donors (Lipinski definition) is 1. The quantitative estimate of drug-likeness (QED) is 0.595. The molecule has 1 rings (SSSR count). The summed E-state index contributed by atoms with van der Waals surface area (Å²) in [4.78, 5) is 10.5. The van der Waals surface area contributed by atoms with Gasteiger partial charge >= 0.3 is 0 Å². The Labute approximate surface area is 95.1 Å². The second-order valence-corrected chi connectivity index (χ2v) is 3.89. The molecule has 4 nitrogen and oxygen atoms in total. The molecule has 2 atom stereocenters. The van der Waals surface area contributed by atoms with Gasteiger partial charge in [-0.15, -0.1) is 0 Å². The minimum atomic E-state index is -0.747. The molecule has 0 saturated carbocycles. The van der Waals surface area contributed by atoms with E-state index in [0.29, 0.717) is 6.42 Å². The third-order valence-corrected chi connectivity index (χ3v) is 2.60. The largest absolute Gasteiger partial charge is 0.388 e. The van der Waals surface area contributed by atoms with E-state index in [-0.39, 0.29) is 11.3 Å². The molecule has 1 N–H and O–H groups in total. The molecule has 1 aromatic carbocycles. The Bertz CT molecular complexity index is 326. The molecular weight excluding hydrogens is 206 g/mol. The summed E-state index contributed by atoms with van der Waals surface area (Å²) in [5.41, 5.74) is 0.741. The average Bonchev–Trinajstić information content (AvgIpc) is 2.29. The van der Waals surface area contributed by atoms with Crippen LogP contribution in [0.4, 0.5) is 0 Å². The minimum Gasteiger partial charge on any atom is -0.388 e. The molecule has 88 valence electrons. The van der Waals surface area contributed by atoms with Crippen molar-refractivity contribution in [1.82, 2.24) is 0 Å². The van der Waals surface area contributed by atoms with E-state index in [1.54, 1.807) is 12.1 Å². The van der Waals surface area contributed by atoms with E-state index < -0.39 is 12.1 Å². The van der Waals surface area contributed by atoms with Gasteiger partial charge in [-0.3, -0.25) is 10.1 Å². The predicted octanol–water partition coefficient (Wildman–Crippen LogP) is 2.56. The van der Waals surface area contributed by atoms with Crippen LogP contribution >= 0.6 is 0 Å². The van der Waals surface area contributed by atoms with Gasteiger partial charge in [0.05, 0.1) is 6.10 Å². The Morgan fingerprint density at radius 1 is 1.38 bits per heavy atom. The highest BCUT2D eigenvalue weighted by Crippen LogP contribution is 2.21. The van der Waals surface area contributed by atoms with Crippen LogP contribution in [-0.4, -0.2) is 16.1 Å². The first kappa shape index (κ1) is 12.6. The van der Waals surface area contributed by atoms with Crippen LogP contribution in [0.5, 0.6) is 0 Å². The van der Waals surface area contributed by atoms with E-state index in [9.17, 15) is 15.2 Å². The Hall–Kier alpha value is -1.42. The van der Waals surface area contributed by atoms with Crippen molar-refractivity contribution < 1.29 is 10.0 Å². The summed E-state index contributed by atoms with van der Waals surface area (Å²) in [5.74, 6) is 0. The van der Waals surface area contributed by atoms with Crippen molar-refractivity contribution >= 4 is 0 Å². The van der Waals surface area contributed by atoms with E-state index in [0.717, 1.165) is 12.0 Å². The lowest BCUT2D eigenvalue weighted by Crippen LogP contribution is -2.22. The maximum absolute atomic E-state index is 10.8. The highest BCUT2D eigenvalue weighted by Gasteiger charge is 2.23. The van der Waals surface area contributed by atoms with E-state index in [2.05, 4.69) is 0 Å². The number of nitrogens with zero attached hydrogens (tertiary/aromatic N) is 1. The van der Waals surface area contributed by atoms with Crippen molar-refractivity contribution in [3.05, 3.63) is 46.0 Å². The second kappa shape index (κ2) is 6.23. The maximum atomic E-state index is 10.8. The average molecular weight is 223 g/mol. The molecule has 0 heterocycles. The number of nitro groups is 1. The van der Waals surface area contributed by atoms with Gasteiger partial charge in [-0.25, -0.2) is 0 Å². The van der Waals surface area contributed by atoms with Gasteiger partial charge in [0.1, 0.15) is 0 Å². The van der Waals surface area contributed by atoms with Gasteiger partial charge in [0.15, 0.2) is 0 Å². The molecule has 4 heteroatoms. The molecule has 0 radical (unpaired) electrons. The Balaban J connectivity index is 2.61. The first-order valence-electron chi connectivity index (χ1n) is 5.51. The molecule has 0 amide bonds. The highest BCUT2D eigenvalue weighted by atomic mass is 16.6. The Morgan fingerprint density at radius 2 is 2.00 bits per heavy atom. The van der Waals surface area contributed by atoms with Gasteiger partial charge in [-0.05, 0) is 12.0 Å². The normalized spacial score (nSPS) is 14.4. The fraction of sp³-hybridized carbons (Fsp3) is 0.500. The molecule has 0 bridgehead atoms. The fourth-order valence-electron chi connectivity index (χ4n) is 1.71. The molecule has 2 unspecified atom stereocenters. The molecule has 0 saturated heterocycles. The van der Waals surface area contributed by atoms with Crippen molar-refractivity contribution in [2.75, 3.05) is 0 Å². The predicted molar refractivity (Wildman–Crippen MR) is 61.7 cm³/mol. The maximum Gasteiger partial charge on any atom is 0.215 e. The van der Waals surface area contributed by atoms with E-state index in [1.165, 1.54) is 0 Å². The summed E-state index contributed by atoms with van der Waals surface area (Å²) in [6, 6.07) is 8.41. The van der Waals surface area contributed by atoms with Crippen molar-refractivity contribution in [3.8, 4) is 0 Å². The second-order valence-electron chi connectivity index (χ2n) is 3.89. The zero-order chi connectivity index (χ0) is 12.0. The summed E-state index contributed by atoms with van der Waals surface area (Å²) < 4.78 is 0. The third-order valence-electron chi connectivity index (χ3n) is 2.60. The van der Waals surface area contributed by atoms with Gasteiger partial charge in [-0.2, -0.15) is 0 Å². The van der Waals surface area contributed by atoms with Crippen LogP contribution in [0.25, 0.3) is 0 Å². The SMILES string of the molecule is CCCC(CC(O)c1ccccc1)[N+](=O)[O-]. The topological polar surface area (TPSA) is 63.4 Å². The van der Waals surface area contributed by atoms with Crippen LogP contribution < -0.4 is 0 Å². The first-order chi connectivity index (χ1) is 7.65. The van der Waals surface area contributed by atoms with Gasteiger partial charge in [0, 0.05) is 17.8 Å². The lowest BCUT2D eigenvalue weighted by atomic mass is 10.00.